The molecule has 0 atom stereocenters. The summed E-state index contributed by atoms with van der Waals surface area (Å²) in [5.74, 6) is 2.68. The van der Waals surface area contributed by atoms with E-state index in [2.05, 4.69) is 43.3 Å². The van der Waals surface area contributed by atoms with E-state index in [1.54, 1.807) is 0 Å². The Bertz CT molecular complexity index is 576. The molecule has 0 bridgehead atoms. The van der Waals surface area contributed by atoms with Crippen LogP contribution < -0.4 is 5.32 Å². The van der Waals surface area contributed by atoms with Crippen molar-refractivity contribution in [2.45, 2.75) is 13.8 Å². The molecule has 0 spiro atoms. The lowest BCUT2D eigenvalue weighted by molar-refractivity contribution is 1.34. The second-order valence-electron chi connectivity index (χ2n) is 4.11. The van der Waals surface area contributed by atoms with Gasteiger partial charge in [0.15, 0.2) is 0 Å². The van der Waals surface area contributed by atoms with Gasteiger partial charge in [0, 0.05) is 11.3 Å². The van der Waals surface area contributed by atoms with Gasteiger partial charge in [-0.2, -0.15) is 0 Å². The average molecular weight is 221 g/mol. The molecular formula is C16H15N. The maximum absolute atomic E-state index is 5.47. The van der Waals surface area contributed by atoms with Gasteiger partial charge in [-0.3, -0.25) is 0 Å². The van der Waals surface area contributed by atoms with Gasteiger partial charge >= 0.3 is 0 Å². The van der Waals surface area contributed by atoms with E-state index in [-0.39, 0.29) is 0 Å². The van der Waals surface area contributed by atoms with Gasteiger partial charge in [0.25, 0.3) is 0 Å². The van der Waals surface area contributed by atoms with Crippen molar-refractivity contribution in [3.63, 3.8) is 0 Å². The summed E-state index contributed by atoms with van der Waals surface area (Å²) in [7, 11) is 0. The fourth-order valence-corrected chi connectivity index (χ4v) is 1.69. The van der Waals surface area contributed by atoms with Crippen molar-refractivity contribution < 1.29 is 0 Å². The Morgan fingerprint density at radius 2 is 1.76 bits per heavy atom. The van der Waals surface area contributed by atoms with Crippen LogP contribution >= 0.6 is 0 Å². The van der Waals surface area contributed by atoms with Crippen molar-refractivity contribution in [3.05, 3.63) is 59.2 Å². The normalized spacial score (nSPS) is 9.71. The summed E-state index contributed by atoms with van der Waals surface area (Å²) in [6, 6.07) is 14.1. The second-order valence-corrected chi connectivity index (χ2v) is 4.11. The van der Waals surface area contributed by atoms with Crippen LogP contribution in [-0.2, 0) is 0 Å². The summed E-state index contributed by atoms with van der Waals surface area (Å²) >= 11 is 0. The molecule has 0 fully saturated rings. The monoisotopic (exact) mass is 221 g/mol. The molecule has 0 radical (unpaired) electrons. The Labute approximate surface area is 102 Å². The Balaban J connectivity index is 2.32. The molecule has 2 aromatic rings. The van der Waals surface area contributed by atoms with E-state index >= 15 is 0 Å². The van der Waals surface area contributed by atoms with Crippen LogP contribution in [-0.4, -0.2) is 0 Å². The highest BCUT2D eigenvalue weighted by atomic mass is 14.9. The molecule has 17 heavy (non-hydrogen) atoms. The van der Waals surface area contributed by atoms with Crippen molar-refractivity contribution in [2.24, 2.45) is 0 Å². The number of anilines is 2. The molecule has 0 saturated carbocycles. The fraction of sp³-hybridized carbons (Fsp3) is 0.125. The first kappa shape index (κ1) is 11.3. The molecule has 2 rings (SSSR count). The summed E-state index contributed by atoms with van der Waals surface area (Å²) < 4.78 is 0. The van der Waals surface area contributed by atoms with Crippen LogP contribution in [0.2, 0.25) is 0 Å². The number of hydrogen-bond acceptors (Lipinski definition) is 1. The molecule has 2 aromatic carbocycles. The third-order valence-electron chi connectivity index (χ3n) is 2.87. The molecule has 0 aliphatic rings. The van der Waals surface area contributed by atoms with Crippen molar-refractivity contribution in [1.29, 1.82) is 0 Å². The lowest BCUT2D eigenvalue weighted by Crippen LogP contribution is -1.94. The van der Waals surface area contributed by atoms with Gasteiger partial charge in [0.05, 0.1) is 5.69 Å². The van der Waals surface area contributed by atoms with E-state index in [0.717, 1.165) is 16.9 Å². The Kier molecular flexibility index (Phi) is 3.16. The highest BCUT2D eigenvalue weighted by molar-refractivity contribution is 5.67. The van der Waals surface area contributed by atoms with Crippen molar-refractivity contribution >= 4 is 11.4 Å². The molecule has 1 heteroatoms. The molecular weight excluding hydrogens is 206 g/mol. The number of aryl methyl sites for hydroxylation is 2. The van der Waals surface area contributed by atoms with E-state index in [0.29, 0.717) is 0 Å². The quantitative estimate of drug-likeness (QED) is 0.755. The van der Waals surface area contributed by atoms with Gasteiger partial charge in [-0.15, -0.1) is 6.42 Å². The molecule has 0 heterocycles. The van der Waals surface area contributed by atoms with Gasteiger partial charge in [-0.25, -0.2) is 0 Å². The zero-order valence-corrected chi connectivity index (χ0v) is 10.1. The van der Waals surface area contributed by atoms with Crippen LogP contribution in [0.1, 0.15) is 16.7 Å². The van der Waals surface area contributed by atoms with Crippen LogP contribution in [0.5, 0.6) is 0 Å². The first-order valence-corrected chi connectivity index (χ1v) is 5.60. The number of terminal acetylenes is 1. The summed E-state index contributed by atoms with van der Waals surface area (Å²) in [6.45, 7) is 4.21. The van der Waals surface area contributed by atoms with Crippen molar-refractivity contribution in [2.75, 3.05) is 5.32 Å². The molecule has 0 unspecified atom stereocenters. The smallest absolute Gasteiger partial charge is 0.0543 e. The molecule has 1 nitrogen and oxygen atoms in total. The third-order valence-corrected chi connectivity index (χ3v) is 2.87. The standard InChI is InChI=1S/C16H15N/c1-4-14-7-5-6-8-16(14)17-15-10-9-12(2)13(3)11-15/h1,5-11,17H,2-3H3. The highest BCUT2D eigenvalue weighted by Gasteiger charge is 2.00. The topological polar surface area (TPSA) is 12.0 Å². The van der Waals surface area contributed by atoms with E-state index in [4.69, 9.17) is 6.42 Å². The molecule has 0 aliphatic carbocycles. The Morgan fingerprint density at radius 1 is 1.00 bits per heavy atom. The third kappa shape index (κ3) is 2.49. The summed E-state index contributed by atoms with van der Waals surface area (Å²) in [5.41, 5.74) is 5.48. The van der Waals surface area contributed by atoms with Crippen LogP contribution in [0, 0.1) is 26.2 Å². The van der Waals surface area contributed by atoms with Crippen molar-refractivity contribution in [3.8, 4) is 12.3 Å². The predicted octanol–water partition coefficient (Wildman–Crippen LogP) is 4.03. The minimum atomic E-state index is 0.880. The minimum Gasteiger partial charge on any atom is -0.354 e. The molecule has 84 valence electrons. The zero-order chi connectivity index (χ0) is 12.3. The molecule has 0 aromatic heterocycles. The lowest BCUT2D eigenvalue weighted by atomic mass is 10.1. The molecule has 0 amide bonds. The molecule has 1 N–H and O–H groups in total. The SMILES string of the molecule is C#Cc1ccccc1Nc1ccc(C)c(C)c1. The lowest BCUT2D eigenvalue weighted by Gasteiger charge is -2.10. The maximum Gasteiger partial charge on any atom is 0.0543 e. The van der Waals surface area contributed by atoms with Gasteiger partial charge in [-0.05, 0) is 49.2 Å². The minimum absolute atomic E-state index is 0.880. The fourth-order valence-electron chi connectivity index (χ4n) is 1.69. The van der Waals surface area contributed by atoms with Crippen LogP contribution in [0.25, 0.3) is 0 Å². The first-order valence-electron chi connectivity index (χ1n) is 5.60. The molecule has 0 aliphatic heterocycles. The Hall–Kier alpha value is -2.20. The first-order chi connectivity index (χ1) is 8.20. The maximum atomic E-state index is 5.47. The van der Waals surface area contributed by atoms with Crippen LogP contribution in [0.4, 0.5) is 11.4 Å². The van der Waals surface area contributed by atoms with Gasteiger partial charge in [0.2, 0.25) is 0 Å². The average Bonchev–Trinajstić information content (AvgIpc) is 2.34. The second kappa shape index (κ2) is 4.76. The van der Waals surface area contributed by atoms with E-state index < -0.39 is 0 Å². The van der Waals surface area contributed by atoms with Crippen molar-refractivity contribution in [1.82, 2.24) is 0 Å². The highest BCUT2D eigenvalue weighted by Crippen LogP contribution is 2.22. The number of rotatable bonds is 2. The van der Waals surface area contributed by atoms with Crippen LogP contribution in [0.15, 0.2) is 42.5 Å². The van der Waals surface area contributed by atoms with Crippen LogP contribution in [0.3, 0.4) is 0 Å². The van der Waals surface area contributed by atoms with E-state index in [1.807, 2.05) is 24.3 Å². The van der Waals surface area contributed by atoms with Gasteiger partial charge in [-0.1, -0.05) is 24.1 Å². The molecule has 0 saturated heterocycles. The van der Waals surface area contributed by atoms with Gasteiger partial charge < -0.3 is 5.32 Å². The van der Waals surface area contributed by atoms with Gasteiger partial charge in [0.1, 0.15) is 0 Å². The summed E-state index contributed by atoms with van der Waals surface area (Å²) in [4.78, 5) is 0. The number of hydrogen-bond donors (Lipinski definition) is 1. The number of nitrogens with one attached hydrogen (secondary N) is 1. The summed E-state index contributed by atoms with van der Waals surface area (Å²) in [6.07, 6.45) is 5.47. The number of para-hydroxylation sites is 1. The summed E-state index contributed by atoms with van der Waals surface area (Å²) in [5, 5.41) is 3.35. The predicted molar refractivity (Wildman–Crippen MR) is 73.6 cm³/mol. The number of benzene rings is 2. The Morgan fingerprint density at radius 3 is 2.47 bits per heavy atom. The largest absolute Gasteiger partial charge is 0.354 e. The zero-order valence-electron chi connectivity index (χ0n) is 10.1. The van der Waals surface area contributed by atoms with E-state index in [9.17, 15) is 0 Å². The van der Waals surface area contributed by atoms with E-state index in [1.165, 1.54) is 11.1 Å².